The second kappa shape index (κ2) is 5.25. The van der Waals surface area contributed by atoms with Crippen LogP contribution in [0.25, 0.3) is 0 Å². The summed E-state index contributed by atoms with van der Waals surface area (Å²) in [4.78, 5) is 8.50. The molecule has 0 radical (unpaired) electrons. The molecule has 0 atom stereocenters. The number of aliphatic imine (C=N–C) groups is 1. The van der Waals surface area contributed by atoms with E-state index in [9.17, 15) is 0 Å². The molecule has 0 aliphatic heterocycles. The van der Waals surface area contributed by atoms with Gasteiger partial charge in [-0.3, -0.25) is 0 Å². The molecule has 0 N–H and O–H groups in total. The molecule has 0 unspecified atom stereocenters. The lowest BCUT2D eigenvalue weighted by Crippen LogP contribution is -1.84. The summed E-state index contributed by atoms with van der Waals surface area (Å²) in [5, 5.41) is 0. The molecule has 3 heteroatoms. The van der Waals surface area contributed by atoms with Crippen LogP contribution >= 0.6 is 0 Å². The number of pyridine rings is 1. The van der Waals surface area contributed by atoms with Crippen molar-refractivity contribution in [3.8, 4) is 5.75 Å². The molecule has 1 heterocycles. The summed E-state index contributed by atoms with van der Waals surface area (Å²) >= 11 is 0. The maximum atomic E-state index is 5.09. The summed E-state index contributed by atoms with van der Waals surface area (Å²) in [7, 11) is 1.65. The Bertz CT molecular complexity index is 501. The summed E-state index contributed by atoms with van der Waals surface area (Å²) in [5.41, 5.74) is 2.15. The minimum absolute atomic E-state index is 0.714. The first-order valence-electron chi connectivity index (χ1n) is 5.39. The average Bonchev–Trinajstić information content (AvgIpc) is 2.39. The fourth-order valence-corrected chi connectivity index (χ4v) is 1.37. The van der Waals surface area contributed by atoms with Crippen LogP contribution in [0.3, 0.4) is 0 Å². The Kier molecular flexibility index (Phi) is 3.50. The van der Waals surface area contributed by atoms with E-state index in [0.717, 1.165) is 16.9 Å². The van der Waals surface area contributed by atoms with Crippen LogP contribution in [0.2, 0.25) is 0 Å². The van der Waals surface area contributed by atoms with Crippen LogP contribution in [0, 0.1) is 6.92 Å². The summed E-state index contributed by atoms with van der Waals surface area (Å²) in [6.45, 7) is 2.00. The van der Waals surface area contributed by atoms with Gasteiger partial charge in [0.15, 0.2) is 5.82 Å². The van der Waals surface area contributed by atoms with Crippen molar-refractivity contribution in [2.24, 2.45) is 4.99 Å². The van der Waals surface area contributed by atoms with Crippen molar-refractivity contribution >= 4 is 12.0 Å². The van der Waals surface area contributed by atoms with Crippen LogP contribution < -0.4 is 4.74 Å². The Balaban J connectivity index is 2.11. The average molecular weight is 226 g/mol. The van der Waals surface area contributed by atoms with E-state index >= 15 is 0 Å². The standard InChI is InChI=1S/C14H14N2O/c1-11-3-8-14(15-9-11)16-10-12-4-6-13(17-2)7-5-12/h3-10H,1-2H3. The number of methoxy groups -OCH3 is 1. The largest absolute Gasteiger partial charge is 0.497 e. The van der Waals surface area contributed by atoms with E-state index < -0.39 is 0 Å². The second-order valence-corrected chi connectivity index (χ2v) is 3.73. The van der Waals surface area contributed by atoms with Crippen LogP contribution in [0.1, 0.15) is 11.1 Å². The molecule has 86 valence electrons. The van der Waals surface area contributed by atoms with Gasteiger partial charge in [0.2, 0.25) is 0 Å². The van der Waals surface area contributed by atoms with Gasteiger partial charge in [-0.1, -0.05) is 6.07 Å². The fraction of sp³-hybridized carbons (Fsp3) is 0.143. The molecule has 0 saturated heterocycles. The Morgan fingerprint density at radius 1 is 1.12 bits per heavy atom. The number of rotatable bonds is 3. The maximum absolute atomic E-state index is 5.09. The van der Waals surface area contributed by atoms with Crippen molar-refractivity contribution in [2.45, 2.75) is 6.92 Å². The van der Waals surface area contributed by atoms with Crippen LogP contribution in [0.4, 0.5) is 5.82 Å². The van der Waals surface area contributed by atoms with E-state index in [4.69, 9.17) is 4.74 Å². The van der Waals surface area contributed by atoms with Gasteiger partial charge in [0, 0.05) is 12.4 Å². The predicted molar refractivity (Wildman–Crippen MR) is 69.2 cm³/mol. The van der Waals surface area contributed by atoms with E-state index in [0.29, 0.717) is 5.82 Å². The van der Waals surface area contributed by atoms with Gasteiger partial charge < -0.3 is 4.74 Å². The van der Waals surface area contributed by atoms with Crippen molar-refractivity contribution in [2.75, 3.05) is 7.11 Å². The number of benzene rings is 1. The number of hydrogen-bond donors (Lipinski definition) is 0. The first kappa shape index (κ1) is 11.3. The molecule has 2 aromatic rings. The zero-order valence-electron chi connectivity index (χ0n) is 9.92. The molecule has 3 nitrogen and oxygen atoms in total. The lowest BCUT2D eigenvalue weighted by molar-refractivity contribution is 0.415. The molecule has 0 fully saturated rings. The van der Waals surface area contributed by atoms with Crippen LogP contribution in [-0.4, -0.2) is 18.3 Å². The summed E-state index contributed by atoms with van der Waals surface area (Å²) in [6, 6.07) is 11.6. The van der Waals surface area contributed by atoms with Crippen LogP contribution in [0.15, 0.2) is 47.6 Å². The number of aryl methyl sites for hydroxylation is 1. The van der Waals surface area contributed by atoms with Crippen molar-refractivity contribution < 1.29 is 4.74 Å². The third-order valence-electron chi connectivity index (χ3n) is 2.36. The van der Waals surface area contributed by atoms with E-state index in [1.807, 2.05) is 43.3 Å². The van der Waals surface area contributed by atoms with Gasteiger partial charge in [0.1, 0.15) is 5.75 Å². The lowest BCUT2D eigenvalue weighted by atomic mass is 10.2. The third kappa shape index (κ3) is 3.14. The lowest BCUT2D eigenvalue weighted by Gasteiger charge is -1.98. The topological polar surface area (TPSA) is 34.5 Å². The smallest absolute Gasteiger partial charge is 0.151 e. The van der Waals surface area contributed by atoms with Crippen molar-refractivity contribution in [1.82, 2.24) is 4.98 Å². The highest BCUT2D eigenvalue weighted by molar-refractivity contribution is 5.81. The summed E-state index contributed by atoms with van der Waals surface area (Å²) in [6.07, 6.45) is 3.60. The van der Waals surface area contributed by atoms with E-state index in [2.05, 4.69) is 9.98 Å². The highest BCUT2D eigenvalue weighted by atomic mass is 16.5. The Labute approximate surface area is 101 Å². The highest BCUT2D eigenvalue weighted by Crippen LogP contribution is 2.11. The number of hydrogen-bond acceptors (Lipinski definition) is 3. The van der Waals surface area contributed by atoms with Gasteiger partial charge in [0.05, 0.1) is 7.11 Å². The normalized spacial score (nSPS) is 10.7. The minimum Gasteiger partial charge on any atom is -0.497 e. The molecule has 0 saturated carbocycles. The van der Waals surface area contributed by atoms with Crippen molar-refractivity contribution in [3.05, 3.63) is 53.7 Å². The molecule has 17 heavy (non-hydrogen) atoms. The van der Waals surface area contributed by atoms with Crippen LogP contribution in [0.5, 0.6) is 5.75 Å². The molecule has 0 bridgehead atoms. The van der Waals surface area contributed by atoms with Gasteiger partial charge in [-0.15, -0.1) is 0 Å². The molecule has 1 aromatic carbocycles. The van der Waals surface area contributed by atoms with Gasteiger partial charge in [-0.25, -0.2) is 9.98 Å². The Hall–Kier alpha value is -2.16. The molecule has 0 amide bonds. The molecule has 0 spiro atoms. The molecule has 1 aromatic heterocycles. The SMILES string of the molecule is COc1ccc(C=Nc2ccc(C)cn2)cc1. The molecular formula is C14H14N2O. The van der Waals surface area contributed by atoms with Gasteiger partial charge in [0.25, 0.3) is 0 Å². The van der Waals surface area contributed by atoms with Crippen molar-refractivity contribution in [3.63, 3.8) is 0 Å². The quantitative estimate of drug-likeness (QED) is 0.753. The zero-order valence-corrected chi connectivity index (χ0v) is 9.92. The van der Waals surface area contributed by atoms with Crippen molar-refractivity contribution in [1.29, 1.82) is 0 Å². The summed E-state index contributed by atoms with van der Waals surface area (Å²) < 4.78 is 5.09. The van der Waals surface area contributed by atoms with Crippen LogP contribution in [-0.2, 0) is 0 Å². The predicted octanol–water partition coefficient (Wildman–Crippen LogP) is 3.15. The van der Waals surface area contributed by atoms with Gasteiger partial charge in [-0.05, 0) is 48.4 Å². The maximum Gasteiger partial charge on any atom is 0.151 e. The van der Waals surface area contributed by atoms with E-state index in [1.165, 1.54) is 0 Å². The molecule has 0 aliphatic carbocycles. The first-order valence-corrected chi connectivity index (χ1v) is 5.39. The minimum atomic E-state index is 0.714. The van der Waals surface area contributed by atoms with E-state index in [1.54, 1.807) is 19.5 Å². The molecule has 0 aliphatic rings. The first-order chi connectivity index (χ1) is 8.28. The number of ether oxygens (including phenoxy) is 1. The third-order valence-corrected chi connectivity index (χ3v) is 2.36. The Morgan fingerprint density at radius 3 is 2.47 bits per heavy atom. The van der Waals surface area contributed by atoms with E-state index in [-0.39, 0.29) is 0 Å². The number of nitrogens with zero attached hydrogens (tertiary/aromatic N) is 2. The monoisotopic (exact) mass is 226 g/mol. The fourth-order valence-electron chi connectivity index (χ4n) is 1.37. The summed E-state index contributed by atoms with van der Waals surface area (Å²) in [5.74, 6) is 1.56. The second-order valence-electron chi connectivity index (χ2n) is 3.73. The number of aromatic nitrogens is 1. The highest BCUT2D eigenvalue weighted by Gasteiger charge is 1.92. The van der Waals surface area contributed by atoms with Gasteiger partial charge >= 0.3 is 0 Å². The Morgan fingerprint density at radius 2 is 1.88 bits per heavy atom. The molecule has 2 rings (SSSR count). The van der Waals surface area contributed by atoms with Gasteiger partial charge in [-0.2, -0.15) is 0 Å². The molecular weight excluding hydrogens is 212 g/mol. The zero-order chi connectivity index (χ0) is 12.1.